The van der Waals surface area contributed by atoms with E-state index in [-0.39, 0.29) is 0 Å². The summed E-state index contributed by atoms with van der Waals surface area (Å²) in [5, 5.41) is 0. The second-order valence-electron chi connectivity index (χ2n) is 4.83. The molecule has 0 atom stereocenters. The average Bonchev–Trinajstić information content (AvgIpc) is 2.22. The minimum atomic E-state index is 0.894. The Morgan fingerprint density at radius 1 is 0.778 bits per heavy atom. The summed E-state index contributed by atoms with van der Waals surface area (Å²) in [4.78, 5) is 0.970. The summed E-state index contributed by atoms with van der Waals surface area (Å²) < 4.78 is 6.02. The first-order valence-electron chi connectivity index (χ1n) is 6.02. The Labute approximate surface area is 114 Å². The number of benzene rings is 2. The topological polar surface area (TPSA) is 9.23 Å². The van der Waals surface area contributed by atoms with Crippen molar-refractivity contribution >= 4 is 12.6 Å². The molecule has 18 heavy (non-hydrogen) atoms. The van der Waals surface area contributed by atoms with E-state index in [0.717, 1.165) is 27.5 Å². The highest BCUT2D eigenvalue weighted by molar-refractivity contribution is 7.80. The van der Waals surface area contributed by atoms with Crippen LogP contribution in [0.5, 0.6) is 11.5 Å². The third kappa shape index (κ3) is 2.88. The van der Waals surface area contributed by atoms with Crippen LogP contribution in [0.15, 0.2) is 35.2 Å². The normalized spacial score (nSPS) is 10.5. The van der Waals surface area contributed by atoms with Gasteiger partial charge in [0.15, 0.2) is 0 Å². The zero-order valence-corrected chi connectivity index (χ0v) is 12.1. The Balaban J connectivity index is 2.40. The molecule has 94 valence electrons. The summed E-state index contributed by atoms with van der Waals surface area (Å²) in [5.74, 6) is 1.82. The predicted molar refractivity (Wildman–Crippen MR) is 79.2 cm³/mol. The number of rotatable bonds is 2. The van der Waals surface area contributed by atoms with E-state index in [1.165, 1.54) is 11.1 Å². The maximum atomic E-state index is 6.02. The van der Waals surface area contributed by atoms with Gasteiger partial charge in [-0.3, -0.25) is 0 Å². The van der Waals surface area contributed by atoms with E-state index in [9.17, 15) is 0 Å². The van der Waals surface area contributed by atoms with Crippen molar-refractivity contribution in [3.05, 3.63) is 52.6 Å². The van der Waals surface area contributed by atoms with E-state index < -0.39 is 0 Å². The van der Waals surface area contributed by atoms with Crippen molar-refractivity contribution in [2.75, 3.05) is 0 Å². The second kappa shape index (κ2) is 5.07. The largest absolute Gasteiger partial charge is 0.457 e. The van der Waals surface area contributed by atoms with E-state index in [1.807, 2.05) is 26.0 Å². The summed E-state index contributed by atoms with van der Waals surface area (Å²) in [6.07, 6.45) is 0. The molecule has 0 radical (unpaired) electrons. The number of thiol groups is 1. The summed E-state index contributed by atoms with van der Waals surface area (Å²) in [6.45, 7) is 8.25. The number of ether oxygens (including phenoxy) is 1. The second-order valence-corrected chi connectivity index (χ2v) is 5.35. The molecule has 2 heteroatoms. The van der Waals surface area contributed by atoms with Gasteiger partial charge in [-0.25, -0.2) is 0 Å². The Morgan fingerprint density at radius 2 is 1.28 bits per heavy atom. The van der Waals surface area contributed by atoms with Crippen LogP contribution in [0, 0.1) is 27.7 Å². The van der Waals surface area contributed by atoms with Crippen LogP contribution in [0.25, 0.3) is 0 Å². The van der Waals surface area contributed by atoms with Gasteiger partial charge in [0, 0.05) is 4.90 Å². The van der Waals surface area contributed by atoms with Crippen molar-refractivity contribution in [3.8, 4) is 11.5 Å². The fraction of sp³-hybridized carbons (Fsp3) is 0.250. The Morgan fingerprint density at radius 3 is 1.78 bits per heavy atom. The monoisotopic (exact) mass is 258 g/mol. The van der Waals surface area contributed by atoms with Gasteiger partial charge in [-0.2, -0.15) is 0 Å². The molecule has 0 aliphatic carbocycles. The van der Waals surface area contributed by atoms with Gasteiger partial charge in [0.1, 0.15) is 11.5 Å². The van der Waals surface area contributed by atoms with Gasteiger partial charge in [0.2, 0.25) is 0 Å². The van der Waals surface area contributed by atoms with Crippen molar-refractivity contribution < 1.29 is 4.74 Å². The number of hydrogen-bond donors (Lipinski definition) is 1. The molecule has 0 bridgehead atoms. The van der Waals surface area contributed by atoms with Crippen molar-refractivity contribution in [3.63, 3.8) is 0 Å². The molecule has 0 spiro atoms. The van der Waals surface area contributed by atoms with Gasteiger partial charge < -0.3 is 4.74 Å². The lowest BCUT2D eigenvalue weighted by Gasteiger charge is -2.13. The van der Waals surface area contributed by atoms with Crippen LogP contribution in [0.1, 0.15) is 22.3 Å². The quantitative estimate of drug-likeness (QED) is 0.746. The van der Waals surface area contributed by atoms with Crippen LogP contribution in [0.2, 0.25) is 0 Å². The Hall–Kier alpha value is -1.41. The Kier molecular flexibility index (Phi) is 3.67. The molecule has 0 amide bonds. The fourth-order valence-corrected chi connectivity index (χ4v) is 2.59. The van der Waals surface area contributed by atoms with E-state index in [0.29, 0.717) is 0 Å². The van der Waals surface area contributed by atoms with Crippen LogP contribution in [-0.4, -0.2) is 0 Å². The molecular weight excluding hydrogens is 240 g/mol. The number of aryl methyl sites for hydroxylation is 4. The SMILES string of the molecule is Cc1cc(C)cc(Oc2c(C)cc(S)cc2C)c1. The molecule has 0 aromatic heterocycles. The number of hydrogen-bond acceptors (Lipinski definition) is 2. The lowest BCUT2D eigenvalue weighted by atomic mass is 10.1. The summed E-state index contributed by atoms with van der Waals surface area (Å²) >= 11 is 4.37. The van der Waals surface area contributed by atoms with Gasteiger partial charge >= 0.3 is 0 Å². The zero-order chi connectivity index (χ0) is 13.3. The van der Waals surface area contributed by atoms with Crippen LogP contribution in [-0.2, 0) is 0 Å². The lowest BCUT2D eigenvalue weighted by molar-refractivity contribution is 0.474. The molecule has 2 rings (SSSR count). The molecule has 0 saturated carbocycles. The van der Waals surface area contributed by atoms with Crippen molar-refractivity contribution in [1.29, 1.82) is 0 Å². The molecule has 2 aromatic carbocycles. The van der Waals surface area contributed by atoms with Gasteiger partial charge in [0.25, 0.3) is 0 Å². The van der Waals surface area contributed by atoms with Crippen molar-refractivity contribution in [1.82, 2.24) is 0 Å². The lowest BCUT2D eigenvalue weighted by Crippen LogP contribution is -1.92. The van der Waals surface area contributed by atoms with E-state index in [2.05, 4.69) is 44.7 Å². The predicted octanol–water partition coefficient (Wildman–Crippen LogP) is 5.00. The van der Waals surface area contributed by atoms with Gasteiger partial charge in [-0.1, -0.05) is 6.07 Å². The van der Waals surface area contributed by atoms with Crippen molar-refractivity contribution in [2.24, 2.45) is 0 Å². The molecule has 2 aromatic rings. The van der Waals surface area contributed by atoms with Gasteiger partial charge in [-0.05, 0) is 74.2 Å². The van der Waals surface area contributed by atoms with E-state index >= 15 is 0 Å². The van der Waals surface area contributed by atoms with Crippen LogP contribution < -0.4 is 4.74 Å². The molecule has 0 N–H and O–H groups in total. The first-order chi connectivity index (χ1) is 8.45. The average molecular weight is 258 g/mol. The van der Waals surface area contributed by atoms with Crippen LogP contribution in [0.3, 0.4) is 0 Å². The molecule has 0 saturated heterocycles. The van der Waals surface area contributed by atoms with E-state index in [1.54, 1.807) is 0 Å². The third-order valence-electron chi connectivity index (χ3n) is 2.86. The summed E-state index contributed by atoms with van der Waals surface area (Å²) in [5.41, 5.74) is 4.65. The highest BCUT2D eigenvalue weighted by Gasteiger charge is 2.07. The maximum absolute atomic E-state index is 6.02. The summed E-state index contributed by atoms with van der Waals surface area (Å²) in [6, 6.07) is 10.3. The minimum Gasteiger partial charge on any atom is -0.457 e. The molecule has 0 aliphatic heterocycles. The van der Waals surface area contributed by atoms with Gasteiger partial charge in [0.05, 0.1) is 0 Å². The first kappa shape index (κ1) is 13.0. The molecular formula is C16H18OS. The van der Waals surface area contributed by atoms with Crippen molar-refractivity contribution in [2.45, 2.75) is 32.6 Å². The first-order valence-corrected chi connectivity index (χ1v) is 6.47. The molecule has 0 fully saturated rings. The molecule has 0 aliphatic rings. The maximum Gasteiger partial charge on any atom is 0.133 e. The van der Waals surface area contributed by atoms with Crippen LogP contribution >= 0.6 is 12.6 Å². The molecule has 0 unspecified atom stereocenters. The zero-order valence-electron chi connectivity index (χ0n) is 11.2. The van der Waals surface area contributed by atoms with Crippen LogP contribution in [0.4, 0.5) is 0 Å². The summed E-state index contributed by atoms with van der Waals surface area (Å²) in [7, 11) is 0. The Bertz CT molecular complexity index is 544. The highest BCUT2D eigenvalue weighted by Crippen LogP contribution is 2.31. The fourth-order valence-electron chi connectivity index (χ4n) is 2.20. The minimum absolute atomic E-state index is 0.894. The highest BCUT2D eigenvalue weighted by atomic mass is 32.1. The standard InChI is InChI=1S/C16H18OS/c1-10-5-11(2)7-14(6-10)17-16-12(3)8-15(18)9-13(16)4/h5-9,18H,1-4H3. The van der Waals surface area contributed by atoms with E-state index in [4.69, 9.17) is 4.74 Å². The third-order valence-corrected chi connectivity index (χ3v) is 3.12. The smallest absolute Gasteiger partial charge is 0.133 e. The van der Waals surface area contributed by atoms with Gasteiger partial charge in [-0.15, -0.1) is 12.6 Å². The molecule has 1 nitrogen and oxygen atoms in total. The molecule has 0 heterocycles.